The van der Waals surface area contributed by atoms with Gasteiger partial charge in [0.15, 0.2) is 11.9 Å². The SMILES string of the molecule is CC(=O)c1ccc(NC(=O)[C@H](C)OC(=O)CCCc2cccs2)cc1. The highest BCUT2D eigenvalue weighted by Crippen LogP contribution is 2.13. The van der Waals surface area contributed by atoms with Gasteiger partial charge in [-0.1, -0.05) is 6.07 Å². The molecule has 0 radical (unpaired) electrons. The number of amides is 1. The maximum absolute atomic E-state index is 12.1. The van der Waals surface area contributed by atoms with Gasteiger partial charge >= 0.3 is 5.97 Å². The second-order valence-electron chi connectivity index (χ2n) is 5.69. The predicted octanol–water partition coefficient (Wildman–Crippen LogP) is 3.84. The quantitative estimate of drug-likeness (QED) is 0.574. The van der Waals surface area contributed by atoms with Crippen LogP contribution in [0.25, 0.3) is 0 Å². The first-order chi connectivity index (χ1) is 12.0. The highest BCUT2D eigenvalue weighted by Gasteiger charge is 2.17. The Hall–Kier alpha value is -2.47. The van der Waals surface area contributed by atoms with E-state index in [0.29, 0.717) is 17.7 Å². The number of hydrogen-bond acceptors (Lipinski definition) is 5. The summed E-state index contributed by atoms with van der Waals surface area (Å²) in [6.45, 7) is 3.02. The Morgan fingerprint density at radius 1 is 1.16 bits per heavy atom. The van der Waals surface area contributed by atoms with E-state index in [1.165, 1.54) is 18.7 Å². The largest absolute Gasteiger partial charge is 0.453 e. The van der Waals surface area contributed by atoms with Gasteiger partial charge in [0.25, 0.3) is 5.91 Å². The van der Waals surface area contributed by atoms with Gasteiger partial charge in [-0.05, 0) is 62.4 Å². The van der Waals surface area contributed by atoms with Gasteiger partial charge in [-0.15, -0.1) is 11.3 Å². The number of rotatable bonds is 8. The van der Waals surface area contributed by atoms with Gasteiger partial charge in [0.05, 0.1) is 0 Å². The van der Waals surface area contributed by atoms with Crippen molar-refractivity contribution < 1.29 is 19.1 Å². The Bertz CT molecular complexity index is 722. The Kier molecular flexibility index (Phi) is 6.89. The molecule has 1 atom stereocenters. The number of nitrogens with one attached hydrogen (secondary N) is 1. The van der Waals surface area contributed by atoms with Crippen LogP contribution in [0, 0.1) is 0 Å². The Balaban J connectivity index is 1.75. The van der Waals surface area contributed by atoms with Gasteiger partial charge in [-0.2, -0.15) is 0 Å². The number of aryl methyl sites for hydroxylation is 1. The van der Waals surface area contributed by atoms with Crippen molar-refractivity contribution in [2.24, 2.45) is 0 Å². The zero-order chi connectivity index (χ0) is 18.2. The molecule has 5 nitrogen and oxygen atoms in total. The molecule has 0 unspecified atom stereocenters. The number of anilines is 1. The average molecular weight is 359 g/mol. The summed E-state index contributed by atoms with van der Waals surface area (Å²) in [5.41, 5.74) is 1.12. The topological polar surface area (TPSA) is 72.5 Å². The number of ether oxygens (including phenoxy) is 1. The lowest BCUT2D eigenvalue weighted by Crippen LogP contribution is -2.29. The van der Waals surface area contributed by atoms with Crippen LogP contribution < -0.4 is 5.32 Å². The number of benzene rings is 1. The molecule has 0 saturated heterocycles. The third kappa shape index (κ3) is 6.15. The maximum Gasteiger partial charge on any atom is 0.306 e. The number of esters is 1. The molecule has 6 heteroatoms. The van der Waals surface area contributed by atoms with Crippen LogP contribution in [0.2, 0.25) is 0 Å². The van der Waals surface area contributed by atoms with E-state index in [2.05, 4.69) is 5.32 Å². The molecule has 0 spiro atoms. The Morgan fingerprint density at radius 2 is 1.88 bits per heavy atom. The first kappa shape index (κ1) is 18.9. The molecular weight excluding hydrogens is 338 g/mol. The van der Waals surface area contributed by atoms with E-state index >= 15 is 0 Å². The molecule has 1 aromatic carbocycles. The first-order valence-electron chi connectivity index (χ1n) is 8.09. The Labute approximate surface area is 151 Å². The molecule has 0 aliphatic rings. The lowest BCUT2D eigenvalue weighted by molar-refractivity contribution is -0.153. The van der Waals surface area contributed by atoms with Crippen LogP contribution in [0.5, 0.6) is 0 Å². The summed E-state index contributed by atoms with van der Waals surface area (Å²) in [5, 5.41) is 4.67. The maximum atomic E-state index is 12.1. The van der Waals surface area contributed by atoms with Gasteiger partial charge in [0.1, 0.15) is 0 Å². The van der Waals surface area contributed by atoms with Crippen LogP contribution in [0.15, 0.2) is 41.8 Å². The lowest BCUT2D eigenvalue weighted by Gasteiger charge is -2.13. The summed E-state index contributed by atoms with van der Waals surface area (Å²) < 4.78 is 5.16. The number of hydrogen-bond donors (Lipinski definition) is 1. The van der Waals surface area contributed by atoms with Crippen LogP contribution in [0.3, 0.4) is 0 Å². The van der Waals surface area contributed by atoms with Gasteiger partial charge in [0, 0.05) is 22.5 Å². The zero-order valence-corrected chi connectivity index (χ0v) is 15.1. The molecule has 132 valence electrons. The number of thiophene rings is 1. The molecule has 0 aliphatic carbocycles. The molecule has 2 aromatic rings. The highest BCUT2D eigenvalue weighted by atomic mass is 32.1. The van der Waals surface area contributed by atoms with Crippen molar-refractivity contribution in [3.8, 4) is 0 Å². The zero-order valence-electron chi connectivity index (χ0n) is 14.3. The molecule has 25 heavy (non-hydrogen) atoms. The van der Waals surface area contributed by atoms with E-state index in [0.717, 1.165) is 6.42 Å². The van der Waals surface area contributed by atoms with Crippen LogP contribution in [0.4, 0.5) is 5.69 Å². The second kappa shape index (κ2) is 9.13. The molecule has 1 aromatic heterocycles. The minimum Gasteiger partial charge on any atom is -0.453 e. The molecule has 0 aliphatic heterocycles. The van der Waals surface area contributed by atoms with Crippen molar-refractivity contribution in [1.29, 1.82) is 0 Å². The minimum atomic E-state index is -0.873. The summed E-state index contributed by atoms with van der Waals surface area (Å²) in [7, 11) is 0. The van der Waals surface area contributed by atoms with Crippen molar-refractivity contribution in [3.63, 3.8) is 0 Å². The van der Waals surface area contributed by atoms with Crippen LogP contribution >= 0.6 is 11.3 Å². The van der Waals surface area contributed by atoms with Gasteiger partial charge in [-0.3, -0.25) is 14.4 Å². The lowest BCUT2D eigenvalue weighted by atomic mass is 10.1. The van der Waals surface area contributed by atoms with Crippen molar-refractivity contribution >= 4 is 34.7 Å². The fraction of sp³-hybridized carbons (Fsp3) is 0.316. The number of ketones is 1. The molecule has 1 heterocycles. The molecule has 2 rings (SSSR count). The molecule has 1 N–H and O–H groups in total. The van der Waals surface area contributed by atoms with Gasteiger partial charge < -0.3 is 10.1 Å². The second-order valence-corrected chi connectivity index (χ2v) is 6.72. The van der Waals surface area contributed by atoms with Crippen molar-refractivity contribution in [1.82, 2.24) is 0 Å². The summed E-state index contributed by atoms with van der Waals surface area (Å²) in [5.74, 6) is -0.823. The van der Waals surface area contributed by atoms with Gasteiger partial charge in [-0.25, -0.2) is 0 Å². The highest BCUT2D eigenvalue weighted by molar-refractivity contribution is 7.09. The van der Waals surface area contributed by atoms with E-state index in [9.17, 15) is 14.4 Å². The number of carbonyl (C=O) groups is 3. The van der Waals surface area contributed by atoms with Crippen molar-refractivity contribution in [2.75, 3.05) is 5.32 Å². The first-order valence-corrected chi connectivity index (χ1v) is 8.97. The van der Waals surface area contributed by atoms with E-state index in [4.69, 9.17) is 4.74 Å². The summed E-state index contributed by atoms with van der Waals surface area (Å²) in [4.78, 5) is 36.4. The summed E-state index contributed by atoms with van der Waals surface area (Å²) in [6.07, 6.45) is 0.931. The fourth-order valence-corrected chi connectivity index (χ4v) is 2.95. The molecule has 0 fully saturated rings. The number of carbonyl (C=O) groups excluding carboxylic acids is 3. The third-order valence-corrected chi connectivity index (χ3v) is 4.56. The van der Waals surface area contributed by atoms with Crippen LogP contribution in [-0.4, -0.2) is 23.8 Å². The summed E-state index contributed by atoms with van der Waals surface area (Å²) >= 11 is 1.66. The molecule has 0 saturated carbocycles. The normalized spacial score (nSPS) is 11.6. The van der Waals surface area contributed by atoms with E-state index in [1.807, 2.05) is 17.5 Å². The van der Waals surface area contributed by atoms with E-state index < -0.39 is 12.0 Å². The van der Waals surface area contributed by atoms with Gasteiger partial charge in [0.2, 0.25) is 0 Å². The standard InChI is InChI=1S/C19H21NO4S/c1-13(21)15-8-10-16(11-9-15)20-19(23)14(2)24-18(22)7-3-5-17-6-4-12-25-17/h4,6,8-12,14H,3,5,7H2,1-2H3,(H,20,23)/t14-/m0/s1. The number of Topliss-reactive ketones (excluding diaryl/α,β-unsaturated/α-hetero) is 1. The monoisotopic (exact) mass is 359 g/mol. The smallest absolute Gasteiger partial charge is 0.306 e. The van der Waals surface area contributed by atoms with E-state index in [-0.39, 0.29) is 18.2 Å². The van der Waals surface area contributed by atoms with Crippen molar-refractivity contribution in [2.45, 2.75) is 39.2 Å². The average Bonchev–Trinajstić information content (AvgIpc) is 3.08. The Morgan fingerprint density at radius 3 is 2.48 bits per heavy atom. The molecular formula is C19H21NO4S. The van der Waals surface area contributed by atoms with Crippen LogP contribution in [0.1, 0.15) is 41.9 Å². The summed E-state index contributed by atoms with van der Waals surface area (Å²) in [6, 6.07) is 10.6. The van der Waals surface area contributed by atoms with E-state index in [1.54, 1.807) is 35.6 Å². The predicted molar refractivity (Wildman–Crippen MR) is 97.9 cm³/mol. The van der Waals surface area contributed by atoms with Crippen LogP contribution in [-0.2, 0) is 20.7 Å². The van der Waals surface area contributed by atoms with Crippen molar-refractivity contribution in [3.05, 3.63) is 52.2 Å². The minimum absolute atomic E-state index is 0.0391. The fourth-order valence-electron chi connectivity index (χ4n) is 2.20. The molecule has 1 amide bonds. The third-order valence-electron chi connectivity index (χ3n) is 3.62. The molecule has 0 bridgehead atoms.